The van der Waals surface area contributed by atoms with E-state index in [0.717, 1.165) is 18.9 Å². The molecule has 0 spiro atoms. The zero-order valence-electron chi connectivity index (χ0n) is 10.1. The molecular weight excluding hydrogens is 200 g/mol. The number of likely N-dealkylation sites (tertiary alicyclic amines) is 1. The standard InChI is InChI=1S/C13H22N2O/c1-2-3-9-8-12(9)15-7-6-11(13(15)16)14-10-4-5-10/h9-12,14H,2-8H2,1H3. The third-order valence-corrected chi connectivity index (χ3v) is 4.20. The van der Waals surface area contributed by atoms with Gasteiger partial charge in [-0.2, -0.15) is 0 Å². The molecule has 1 saturated heterocycles. The Morgan fingerprint density at radius 3 is 2.88 bits per heavy atom. The van der Waals surface area contributed by atoms with E-state index in [1.165, 1.54) is 32.1 Å². The Labute approximate surface area is 97.6 Å². The largest absolute Gasteiger partial charge is 0.338 e. The Morgan fingerprint density at radius 2 is 2.19 bits per heavy atom. The van der Waals surface area contributed by atoms with E-state index >= 15 is 0 Å². The van der Waals surface area contributed by atoms with Gasteiger partial charge in [-0.15, -0.1) is 0 Å². The second kappa shape index (κ2) is 4.02. The molecule has 3 fully saturated rings. The Balaban J connectivity index is 1.52. The van der Waals surface area contributed by atoms with Gasteiger partial charge < -0.3 is 10.2 Å². The first-order valence-corrected chi connectivity index (χ1v) is 6.86. The first-order chi connectivity index (χ1) is 7.79. The molecule has 1 N–H and O–H groups in total. The summed E-state index contributed by atoms with van der Waals surface area (Å²) in [6.45, 7) is 3.23. The highest BCUT2D eigenvalue weighted by atomic mass is 16.2. The zero-order valence-corrected chi connectivity index (χ0v) is 10.1. The summed E-state index contributed by atoms with van der Waals surface area (Å²) in [5, 5.41) is 3.47. The summed E-state index contributed by atoms with van der Waals surface area (Å²) < 4.78 is 0. The smallest absolute Gasteiger partial charge is 0.240 e. The van der Waals surface area contributed by atoms with Crippen molar-refractivity contribution in [3.8, 4) is 0 Å². The van der Waals surface area contributed by atoms with Crippen molar-refractivity contribution in [3.63, 3.8) is 0 Å². The summed E-state index contributed by atoms with van der Waals surface area (Å²) in [4.78, 5) is 14.3. The maximum absolute atomic E-state index is 12.2. The summed E-state index contributed by atoms with van der Waals surface area (Å²) in [5.74, 6) is 1.20. The second-order valence-electron chi connectivity index (χ2n) is 5.67. The van der Waals surface area contributed by atoms with Crippen molar-refractivity contribution in [2.24, 2.45) is 5.92 Å². The maximum atomic E-state index is 12.2. The van der Waals surface area contributed by atoms with Gasteiger partial charge >= 0.3 is 0 Å². The summed E-state index contributed by atoms with van der Waals surface area (Å²) in [6, 6.07) is 1.40. The normalized spacial score (nSPS) is 38.2. The van der Waals surface area contributed by atoms with Crippen molar-refractivity contribution in [2.75, 3.05) is 6.54 Å². The zero-order chi connectivity index (χ0) is 11.1. The van der Waals surface area contributed by atoms with E-state index in [9.17, 15) is 4.79 Å². The van der Waals surface area contributed by atoms with Gasteiger partial charge in [-0.1, -0.05) is 13.3 Å². The van der Waals surface area contributed by atoms with Gasteiger partial charge in [0.25, 0.3) is 0 Å². The molecule has 0 bridgehead atoms. The van der Waals surface area contributed by atoms with Crippen molar-refractivity contribution >= 4 is 5.91 Å². The number of amides is 1. The molecule has 2 saturated carbocycles. The average molecular weight is 222 g/mol. The van der Waals surface area contributed by atoms with Crippen LogP contribution in [0, 0.1) is 5.92 Å². The minimum absolute atomic E-state index is 0.148. The van der Waals surface area contributed by atoms with Gasteiger partial charge in [0.2, 0.25) is 5.91 Å². The van der Waals surface area contributed by atoms with Crippen LogP contribution in [0.1, 0.15) is 45.4 Å². The van der Waals surface area contributed by atoms with Crippen molar-refractivity contribution in [1.29, 1.82) is 0 Å². The summed E-state index contributed by atoms with van der Waals surface area (Å²) in [5.41, 5.74) is 0. The van der Waals surface area contributed by atoms with E-state index < -0.39 is 0 Å². The van der Waals surface area contributed by atoms with Gasteiger partial charge in [-0.05, 0) is 38.0 Å². The quantitative estimate of drug-likeness (QED) is 0.765. The predicted molar refractivity (Wildman–Crippen MR) is 63.1 cm³/mol. The van der Waals surface area contributed by atoms with E-state index in [2.05, 4.69) is 17.1 Å². The summed E-state index contributed by atoms with van der Waals surface area (Å²) in [6.07, 6.45) is 7.39. The molecule has 3 unspecified atom stereocenters. The third kappa shape index (κ3) is 1.97. The van der Waals surface area contributed by atoms with Crippen LogP contribution in [0.3, 0.4) is 0 Å². The van der Waals surface area contributed by atoms with Crippen LogP contribution in [0.4, 0.5) is 0 Å². The summed E-state index contributed by atoms with van der Waals surface area (Å²) >= 11 is 0. The van der Waals surface area contributed by atoms with Crippen LogP contribution in [0.5, 0.6) is 0 Å². The molecule has 1 aliphatic heterocycles. The Bertz CT molecular complexity index is 288. The third-order valence-electron chi connectivity index (χ3n) is 4.20. The van der Waals surface area contributed by atoms with Crippen LogP contribution >= 0.6 is 0 Å². The molecule has 1 amide bonds. The molecular formula is C13H22N2O. The van der Waals surface area contributed by atoms with Crippen molar-refractivity contribution in [3.05, 3.63) is 0 Å². The topological polar surface area (TPSA) is 32.3 Å². The van der Waals surface area contributed by atoms with Crippen molar-refractivity contribution < 1.29 is 4.79 Å². The highest BCUT2D eigenvalue weighted by Gasteiger charge is 2.47. The van der Waals surface area contributed by atoms with Crippen LogP contribution in [0.25, 0.3) is 0 Å². The number of nitrogens with zero attached hydrogens (tertiary/aromatic N) is 1. The molecule has 3 nitrogen and oxygen atoms in total. The molecule has 0 aromatic carbocycles. The van der Waals surface area contributed by atoms with Crippen LogP contribution in [-0.2, 0) is 4.79 Å². The predicted octanol–water partition coefficient (Wildman–Crippen LogP) is 1.53. The molecule has 3 atom stereocenters. The van der Waals surface area contributed by atoms with E-state index in [4.69, 9.17) is 0 Å². The van der Waals surface area contributed by atoms with Crippen LogP contribution in [-0.4, -0.2) is 35.5 Å². The van der Waals surface area contributed by atoms with Gasteiger partial charge in [-0.3, -0.25) is 4.79 Å². The lowest BCUT2D eigenvalue weighted by atomic mass is 10.2. The first-order valence-electron chi connectivity index (χ1n) is 6.86. The Kier molecular flexibility index (Phi) is 2.66. The molecule has 3 rings (SSSR count). The van der Waals surface area contributed by atoms with Crippen molar-refractivity contribution in [2.45, 2.75) is 63.6 Å². The van der Waals surface area contributed by atoms with E-state index in [-0.39, 0.29) is 6.04 Å². The molecule has 1 heterocycles. The average Bonchev–Trinajstić information content (AvgIpc) is 3.14. The van der Waals surface area contributed by atoms with Gasteiger partial charge in [0, 0.05) is 18.6 Å². The van der Waals surface area contributed by atoms with Gasteiger partial charge in [0.1, 0.15) is 0 Å². The summed E-state index contributed by atoms with van der Waals surface area (Å²) in [7, 11) is 0. The first kappa shape index (κ1) is 10.6. The molecule has 0 radical (unpaired) electrons. The molecule has 0 aromatic heterocycles. The van der Waals surface area contributed by atoms with Crippen molar-refractivity contribution in [1.82, 2.24) is 10.2 Å². The fraction of sp³-hybridized carbons (Fsp3) is 0.923. The number of nitrogens with one attached hydrogen (secondary N) is 1. The molecule has 2 aliphatic carbocycles. The van der Waals surface area contributed by atoms with E-state index in [1.807, 2.05) is 0 Å². The minimum atomic E-state index is 0.148. The number of carbonyl (C=O) groups is 1. The second-order valence-corrected chi connectivity index (χ2v) is 5.67. The lowest BCUT2D eigenvalue weighted by molar-refractivity contribution is -0.130. The van der Waals surface area contributed by atoms with Crippen LogP contribution < -0.4 is 5.32 Å². The Morgan fingerprint density at radius 1 is 1.38 bits per heavy atom. The monoisotopic (exact) mass is 222 g/mol. The lowest BCUT2D eigenvalue weighted by Crippen LogP contribution is -2.40. The number of hydrogen-bond acceptors (Lipinski definition) is 2. The SMILES string of the molecule is CCCC1CC1N1CCC(NC2CC2)C1=O. The number of hydrogen-bond donors (Lipinski definition) is 1. The van der Waals surface area contributed by atoms with Gasteiger partial charge in [0.05, 0.1) is 6.04 Å². The van der Waals surface area contributed by atoms with Gasteiger partial charge in [-0.25, -0.2) is 0 Å². The minimum Gasteiger partial charge on any atom is -0.338 e. The molecule has 3 aliphatic rings. The fourth-order valence-electron chi connectivity index (χ4n) is 3.01. The van der Waals surface area contributed by atoms with Crippen LogP contribution in [0.15, 0.2) is 0 Å². The Hall–Kier alpha value is -0.570. The maximum Gasteiger partial charge on any atom is 0.240 e. The highest BCUT2D eigenvalue weighted by Crippen LogP contribution is 2.41. The fourth-order valence-corrected chi connectivity index (χ4v) is 3.01. The molecule has 90 valence electrons. The number of carbonyl (C=O) groups excluding carboxylic acids is 1. The van der Waals surface area contributed by atoms with E-state index in [1.54, 1.807) is 0 Å². The van der Waals surface area contributed by atoms with Crippen LogP contribution in [0.2, 0.25) is 0 Å². The van der Waals surface area contributed by atoms with Gasteiger partial charge in [0.15, 0.2) is 0 Å². The number of rotatable bonds is 5. The lowest BCUT2D eigenvalue weighted by Gasteiger charge is -2.17. The molecule has 0 aromatic rings. The highest BCUT2D eigenvalue weighted by molar-refractivity contribution is 5.84. The molecule has 3 heteroatoms. The molecule has 16 heavy (non-hydrogen) atoms. The van der Waals surface area contributed by atoms with E-state index in [0.29, 0.717) is 18.0 Å².